The minimum absolute atomic E-state index is 0.0628. The number of aliphatic hydroxyl groups is 1. The Morgan fingerprint density at radius 1 is 1.47 bits per heavy atom. The van der Waals surface area contributed by atoms with Crippen LogP contribution < -0.4 is 4.74 Å². The maximum atomic E-state index is 8.95. The highest BCUT2D eigenvalue weighted by atomic mass is 35.5. The summed E-state index contributed by atoms with van der Waals surface area (Å²) >= 11 is 6.14. The van der Waals surface area contributed by atoms with Crippen molar-refractivity contribution in [3.05, 3.63) is 47.0 Å². The molecule has 0 aliphatic heterocycles. The molecule has 0 saturated heterocycles. The third kappa shape index (κ3) is 2.60. The van der Waals surface area contributed by atoms with Gasteiger partial charge >= 0.3 is 0 Å². The van der Waals surface area contributed by atoms with Gasteiger partial charge in [0.05, 0.1) is 32.3 Å². The SMILES string of the molecule is COc1cccc(Cl)c1Cn1cnc(CO)c1. The zero-order chi connectivity index (χ0) is 12.3. The summed E-state index contributed by atoms with van der Waals surface area (Å²) in [5, 5.41) is 9.60. The number of imidazole rings is 1. The molecule has 1 heterocycles. The van der Waals surface area contributed by atoms with Crippen LogP contribution >= 0.6 is 11.6 Å². The van der Waals surface area contributed by atoms with Gasteiger partial charge < -0.3 is 14.4 Å². The molecule has 0 saturated carbocycles. The van der Waals surface area contributed by atoms with E-state index in [0.29, 0.717) is 17.3 Å². The molecule has 0 aliphatic rings. The molecule has 0 atom stereocenters. The van der Waals surface area contributed by atoms with Crippen molar-refractivity contribution in [3.63, 3.8) is 0 Å². The fourth-order valence-corrected chi connectivity index (χ4v) is 1.87. The molecule has 17 heavy (non-hydrogen) atoms. The van der Waals surface area contributed by atoms with Gasteiger partial charge in [0.1, 0.15) is 5.75 Å². The molecule has 1 aromatic carbocycles. The van der Waals surface area contributed by atoms with E-state index in [2.05, 4.69) is 4.98 Å². The second-order valence-corrected chi connectivity index (χ2v) is 4.02. The number of hydrogen-bond acceptors (Lipinski definition) is 3. The van der Waals surface area contributed by atoms with Gasteiger partial charge in [-0.2, -0.15) is 0 Å². The molecule has 4 nitrogen and oxygen atoms in total. The van der Waals surface area contributed by atoms with E-state index >= 15 is 0 Å². The molecule has 1 N–H and O–H groups in total. The molecular weight excluding hydrogens is 240 g/mol. The molecule has 0 amide bonds. The van der Waals surface area contributed by atoms with E-state index < -0.39 is 0 Å². The lowest BCUT2D eigenvalue weighted by atomic mass is 10.2. The largest absolute Gasteiger partial charge is 0.496 e. The zero-order valence-corrected chi connectivity index (χ0v) is 10.2. The van der Waals surface area contributed by atoms with Crippen LogP contribution in [0, 0.1) is 0 Å². The second kappa shape index (κ2) is 5.21. The Labute approximate surface area is 104 Å². The zero-order valence-electron chi connectivity index (χ0n) is 9.43. The first-order valence-electron chi connectivity index (χ1n) is 5.17. The van der Waals surface area contributed by atoms with Crippen molar-refractivity contribution in [1.82, 2.24) is 9.55 Å². The van der Waals surface area contributed by atoms with Crippen molar-refractivity contribution in [1.29, 1.82) is 0 Å². The topological polar surface area (TPSA) is 47.3 Å². The summed E-state index contributed by atoms with van der Waals surface area (Å²) in [7, 11) is 1.61. The van der Waals surface area contributed by atoms with Gasteiger partial charge in [0.25, 0.3) is 0 Å². The highest BCUT2D eigenvalue weighted by Crippen LogP contribution is 2.26. The first kappa shape index (κ1) is 12.0. The van der Waals surface area contributed by atoms with Crippen molar-refractivity contribution in [2.45, 2.75) is 13.2 Å². The van der Waals surface area contributed by atoms with Crippen LogP contribution in [0.4, 0.5) is 0 Å². The van der Waals surface area contributed by atoms with E-state index in [1.165, 1.54) is 0 Å². The lowest BCUT2D eigenvalue weighted by Gasteiger charge is -2.10. The predicted octanol–water partition coefficient (Wildman–Crippen LogP) is 2.09. The molecular formula is C12H13ClN2O2. The van der Waals surface area contributed by atoms with E-state index in [9.17, 15) is 0 Å². The highest BCUT2D eigenvalue weighted by molar-refractivity contribution is 6.31. The number of hydrogen-bond donors (Lipinski definition) is 1. The molecule has 2 rings (SSSR count). The van der Waals surface area contributed by atoms with Crippen LogP contribution in [0.5, 0.6) is 5.75 Å². The molecule has 5 heteroatoms. The molecule has 90 valence electrons. The van der Waals surface area contributed by atoms with Gasteiger partial charge in [0.15, 0.2) is 0 Å². The smallest absolute Gasteiger partial charge is 0.125 e. The maximum absolute atomic E-state index is 8.95. The number of aliphatic hydroxyl groups excluding tert-OH is 1. The second-order valence-electron chi connectivity index (χ2n) is 3.62. The van der Waals surface area contributed by atoms with Crippen molar-refractivity contribution in [2.75, 3.05) is 7.11 Å². The highest BCUT2D eigenvalue weighted by Gasteiger charge is 2.08. The Morgan fingerprint density at radius 2 is 2.29 bits per heavy atom. The standard InChI is InChI=1S/C12H13ClN2O2/c1-17-12-4-2-3-11(13)10(12)6-15-5-9(7-16)14-8-15/h2-5,8,16H,6-7H2,1H3. The van der Waals surface area contributed by atoms with E-state index in [0.717, 1.165) is 11.3 Å². The van der Waals surface area contributed by atoms with Crippen molar-refractivity contribution in [2.24, 2.45) is 0 Å². The fourth-order valence-electron chi connectivity index (χ4n) is 1.64. The van der Waals surface area contributed by atoms with Gasteiger partial charge in [-0.05, 0) is 12.1 Å². The van der Waals surface area contributed by atoms with Crippen LogP contribution in [-0.2, 0) is 13.2 Å². The summed E-state index contributed by atoms with van der Waals surface area (Å²) in [6, 6.07) is 5.53. The third-order valence-corrected chi connectivity index (χ3v) is 2.84. The molecule has 1 aromatic heterocycles. The average Bonchev–Trinajstić information content (AvgIpc) is 2.79. The molecule has 2 aromatic rings. The van der Waals surface area contributed by atoms with Crippen LogP contribution in [0.1, 0.15) is 11.3 Å². The Hall–Kier alpha value is -1.52. The number of rotatable bonds is 4. The normalized spacial score (nSPS) is 10.5. The monoisotopic (exact) mass is 252 g/mol. The molecule has 0 radical (unpaired) electrons. The minimum atomic E-state index is -0.0628. The summed E-state index contributed by atoms with van der Waals surface area (Å²) in [5.41, 5.74) is 1.54. The number of nitrogens with zero attached hydrogens (tertiary/aromatic N) is 2. The predicted molar refractivity (Wildman–Crippen MR) is 65.3 cm³/mol. The van der Waals surface area contributed by atoms with Crippen LogP contribution in [-0.4, -0.2) is 21.8 Å². The summed E-state index contributed by atoms with van der Waals surface area (Å²) < 4.78 is 7.12. The molecule has 0 aliphatic carbocycles. The van der Waals surface area contributed by atoms with Crippen LogP contribution in [0.2, 0.25) is 5.02 Å². The van der Waals surface area contributed by atoms with Crippen molar-refractivity contribution in [3.8, 4) is 5.75 Å². The molecule has 0 spiro atoms. The minimum Gasteiger partial charge on any atom is -0.496 e. The van der Waals surface area contributed by atoms with Gasteiger partial charge in [-0.25, -0.2) is 4.98 Å². The first-order chi connectivity index (χ1) is 8.24. The average molecular weight is 253 g/mol. The molecule has 0 unspecified atom stereocenters. The van der Waals surface area contributed by atoms with Crippen LogP contribution in [0.3, 0.4) is 0 Å². The van der Waals surface area contributed by atoms with E-state index in [1.54, 1.807) is 19.6 Å². The number of benzene rings is 1. The summed E-state index contributed by atoms with van der Waals surface area (Å²) in [6.07, 6.45) is 3.44. The number of ether oxygens (including phenoxy) is 1. The quantitative estimate of drug-likeness (QED) is 0.906. The summed E-state index contributed by atoms with van der Waals surface area (Å²) in [6.45, 7) is 0.502. The lowest BCUT2D eigenvalue weighted by molar-refractivity contribution is 0.277. The van der Waals surface area contributed by atoms with Crippen molar-refractivity contribution >= 4 is 11.6 Å². The van der Waals surface area contributed by atoms with E-state index in [1.807, 2.05) is 22.8 Å². The van der Waals surface area contributed by atoms with Gasteiger partial charge in [0.2, 0.25) is 0 Å². The fraction of sp³-hybridized carbons (Fsp3) is 0.250. The van der Waals surface area contributed by atoms with Gasteiger partial charge in [-0.1, -0.05) is 17.7 Å². The van der Waals surface area contributed by atoms with E-state index in [-0.39, 0.29) is 6.61 Å². The first-order valence-corrected chi connectivity index (χ1v) is 5.55. The third-order valence-electron chi connectivity index (χ3n) is 2.49. The number of aromatic nitrogens is 2. The van der Waals surface area contributed by atoms with E-state index in [4.69, 9.17) is 21.4 Å². The van der Waals surface area contributed by atoms with Gasteiger partial charge in [-0.3, -0.25) is 0 Å². The summed E-state index contributed by atoms with van der Waals surface area (Å²) in [5.74, 6) is 0.747. The molecule has 0 bridgehead atoms. The lowest BCUT2D eigenvalue weighted by Crippen LogP contribution is -2.00. The maximum Gasteiger partial charge on any atom is 0.125 e. The van der Waals surface area contributed by atoms with Crippen LogP contribution in [0.25, 0.3) is 0 Å². The van der Waals surface area contributed by atoms with Gasteiger partial charge in [-0.15, -0.1) is 0 Å². The Kier molecular flexibility index (Phi) is 3.66. The number of methoxy groups -OCH3 is 1. The Bertz CT molecular complexity index is 511. The van der Waals surface area contributed by atoms with Crippen LogP contribution in [0.15, 0.2) is 30.7 Å². The molecule has 0 fully saturated rings. The Morgan fingerprint density at radius 3 is 2.94 bits per heavy atom. The Balaban J connectivity index is 2.28. The summed E-state index contributed by atoms with van der Waals surface area (Å²) in [4.78, 5) is 4.05. The number of halogens is 1. The van der Waals surface area contributed by atoms with Gasteiger partial charge in [0, 0.05) is 16.8 Å². The van der Waals surface area contributed by atoms with Crippen molar-refractivity contribution < 1.29 is 9.84 Å².